The maximum absolute atomic E-state index is 5.23. The van der Waals surface area contributed by atoms with E-state index < -0.39 is 0 Å². The van der Waals surface area contributed by atoms with Crippen LogP contribution in [0.15, 0.2) is 43.0 Å². The fraction of sp³-hybridized carbons (Fsp3) is 0.214. The zero-order valence-corrected chi connectivity index (χ0v) is 11.4. The van der Waals surface area contributed by atoms with Crippen molar-refractivity contribution in [3.63, 3.8) is 0 Å². The van der Waals surface area contributed by atoms with Crippen molar-refractivity contribution >= 4 is 0 Å². The van der Waals surface area contributed by atoms with Gasteiger partial charge in [-0.05, 0) is 17.7 Å². The number of methoxy groups -OCH3 is 1. The van der Waals surface area contributed by atoms with E-state index in [-0.39, 0.29) is 0 Å². The van der Waals surface area contributed by atoms with Crippen LogP contribution in [0.3, 0.4) is 0 Å². The third-order valence-corrected chi connectivity index (χ3v) is 3.05. The van der Waals surface area contributed by atoms with Crippen molar-refractivity contribution in [2.24, 2.45) is 7.05 Å². The molecule has 0 amide bonds. The molecule has 1 aromatic carbocycles. The molecule has 0 saturated carbocycles. The van der Waals surface area contributed by atoms with Crippen LogP contribution < -0.4 is 4.74 Å². The van der Waals surface area contributed by atoms with E-state index in [4.69, 9.17) is 4.74 Å². The van der Waals surface area contributed by atoms with Crippen LogP contribution in [0, 0.1) is 0 Å². The molecule has 0 bridgehead atoms. The Morgan fingerprint density at radius 2 is 2.15 bits per heavy atom. The van der Waals surface area contributed by atoms with Crippen molar-refractivity contribution in [2.75, 3.05) is 7.11 Å². The van der Waals surface area contributed by atoms with Crippen LogP contribution in [0.1, 0.15) is 5.56 Å². The van der Waals surface area contributed by atoms with Crippen LogP contribution >= 0.6 is 0 Å². The Bertz CT molecular complexity index is 716. The summed E-state index contributed by atoms with van der Waals surface area (Å²) in [6.45, 7) is 0.640. The van der Waals surface area contributed by atoms with E-state index in [1.54, 1.807) is 24.3 Å². The molecule has 3 rings (SSSR count). The molecule has 0 spiro atoms. The minimum Gasteiger partial charge on any atom is -0.497 e. The Hall–Kier alpha value is -2.63. The highest BCUT2D eigenvalue weighted by Crippen LogP contribution is 2.18. The Labute approximate surface area is 116 Å². The van der Waals surface area contributed by atoms with Crippen LogP contribution in [0.5, 0.6) is 5.75 Å². The highest BCUT2D eigenvalue weighted by Gasteiger charge is 2.09. The van der Waals surface area contributed by atoms with E-state index >= 15 is 0 Å². The normalized spacial score (nSPS) is 10.7. The lowest BCUT2D eigenvalue weighted by Gasteiger charge is -2.06. The minimum atomic E-state index is 0.640. The van der Waals surface area contributed by atoms with Gasteiger partial charge >= 0.3 is 0 Å². The van der Waals surface area contributed by atoms with Gasteiger partial charge in [0.2, 0.25) is 0 Å². The summed E-state index contributed by atoms with van der Waals surface area (Å²) in [5, 5.41) is 8.44. The summed E-state index contributed by atoms with van der Waals surface area (Å²) in [4.78, 5) is 4.31. The van der Waals surface area contributed by atoms with Gasteiger partial charge in [0.05, 0.1) is 25.4 Å². The highest BCUT2D eigenvalue weighted by molar-refractivity contribution is 5.52. The number of ether oxygens (including phenoxy) is 1. The van der Waals surface area contributed by atoms with Crippen molar-refractivity contribution in [2.45, 2.75) is 6.54 Å². The lowest BCUT2D eigenvalue weighted by molar-refractivity contribution is 0.414. The maximum Gasteiger partial charge on any atom is 0.161 e. The van der Waals surface area contributed by atoms with Gasteiger partial charge in [0.15, 0.2) is 5.82 Å². The van der Waals surface area contributed by atoms with Crippen LogP contribution in [0.25, 0.3) is 11.4 Å². The third-order valence-electron chi connectivity index (χ3n) is 3.05. The summed E-state index contributed by atoms with van der Waals surface area (Å²) in [7, 11) is 3.54. The Balaban J connectivity index is 1.90. The van der Waals surface area contributed by atoms with E-state index in [9.17, 15) is 0 Å². The summed E-state index contributed by atoms with van der Waals surface area (Å²) >= 11 is 0. The van der Waals surface area contributed by atoms with Gasteiger partial charge in [0.1, 0.15) is 12.1 Å². The van der Waals surface area contributed by atoms with Crippen molar-refractivity contribution in [1.82, 2.24) is 24.5 Å². The molecule has 6 heteroatoms. The van der Waals surface area contributed by atoms with Crippen molar-refractivity contribution in [1.29, 1.82) is 0 Å². The van der Waals surface area contributed by atoms with Gasteiger partial charge in [-0.3, -0.25) is 4.68 Å². The van der Waals surface area contributed by atoms with Gasteiger partial charge in [-0.15, -0.1) is 0 Å². The van der Waals surface area contributed by atoms with E-state index in [1.807, 2.05) is 42.2 Å². The van der Waals surface area contributed by atoms with Gasteiger partial charge in [-0.1, -0.05) is 12.1 Å². The fourth-order valence-electron chi connectivity index (χ4n) is 2.08. The van der Waals surface area contributed by atoms with Gasteiger partial charge in [0.25, 0.3) is 0 Å². The SMILES string of the molecule is COc1cccc(Cn2ncnc2-c2cnn(C)c2)c1. The Kier molecular flexibility index (Phi) is 3.20. The molecule has 102 valence electrons. The smallest absolute Gasteiger partial charge is 0.161 e. The third kappa shape index (κ3) is 2.40. The average Bonchev–Trinajstić information content (AvgIpc) is 3.08. The molecule has 0 aliphatic heterocycles. The molecule has 6 nitrogen and oxygen atoms in total. The molecule has 0 atom stereocenters. The first-order valence-corrected chi connectivity index (χ1v) is 6.26. The topological polar surface area (TPSA) is 57.8 Å². The first-order valence-electron chi connectivity index (χ1n) is 6.26. The lowest BCUT2D eigenvalue weighted by Crippen LogP contribution is -2.04. The molecular weight excluding hydrogens is 254 g/mol. The summed E-state index contributed by atoms with van der Waals surface area (Å²) in [5.41, 5.74) is 2.06. The first-order chi connectivity index (χ1) is 9.76. The van der Waals surface area contributed by atoms with Crippen LogP contribution in [0.4, 0.5) is 0 Å². The largest absolute Gasteiger partial charge is 0.497 e. The second kappa shape index (κ2) is 5.16. The van der Waals surface area contributed by atoms with Gasteiger partial charge < -0.3 is 4.74 Å². The maximum atomic E-state index is 5.23. The molecule has 0 fully saturated rings. The number of benzene rings is 1. The summed E-state index contributed by atoms with van der Waals surface area (Å²) in [6.07, 6.45) is 5.26. The van der Waals surface area contributed by atoms with Crippen molar-refractivity contribution in [3.8, 4) is 17.1 Å². The lowest BCUT2D eigenvalue weighted by atomic mass is 10.2. The summed E-state index contributed by atoms with van der Waals surface area (Å²) < 4.78 is 8.84. The fourth-order valence-corrected chi connectivity index (χ4v) is 2.08. The van der Waals surface area contributed by atoms with Crippen LogP contribution in [-0.2, 0) is 13.6 Å². The van der Waals surface area contributed by atoms with E-state index in [0.717, 1.165) is 22.7 Å². The minimum absolute atomic E-state index is 0.640. The van der Waals surface area contributed by atoms with E-state index in [0.29, 0.717) is 6.54 Å². The second-order valence-corrected chi connectivity index (χ2v) is 4.50. The second-order valence-electron chi connectivity index (χ2n) is 4.50. The predicted octanol–water partition coefficient (Wildman–Crippen LogP) is 1.74. The van der Waals surface area contributed by atoms with Crippen molar-refractivity contribution in [3.05, 3.63) is 48.5 Å². The first kappa shape index (κ1) is 12.4. The zero-order chi connectivity index (χ0) is 13.9. The summed E-state index contributed by atoms with van der Waals surface area (Å²) in [6, 6.07) is 7.92. The molecular formula is C14H15N5O. The molecule has 0 aliphatic carbocycles. The van der Waals surface area contributed by atoms with E-state index in [1.165, 1.54) is 0 Å². The number of nitrogens with zero attached hydrogens (tertiary/aromatic N) is 5. The quantitative estimate of drug-likeness (QED) is 0.724. The average molecular weight is 269 g/mol. The Morgan fingerprint density at radius 3 is 2.90 bits per heavy atom. The number of hydrogen-bond donors (Lipinski definition) is 0. The molecule has 0 N–H and O–H groups in total. The van der Waals surface area contributed by atoms with E-state index in [2.05, 4.69) is 15.2 Å². The van der Waals surface area contributed by atoms with Crippen LogP contribution in [0.2, 0.25) is 0 Å². The number of rotatable bonds is 4. The van der Waals surface area contributed by atoms with Crippen molar-refractivity contribution < 1.29 is 4.74 Å². The zero-order valence-electron chi connectivity index (χ0n) is 11.4. The molecule has 2 heterocycles. The summed E-state index contributed by atoms with van der Waals surface area (Å²) in [5.74, 6) is 1.64. The van der Waals surface area contributed by atoms with Gasteiger partial charge in [-0.2, -0.15) is 10.2 Å². The van der Waals surface area contributed by atoms with Gasteiger partial charge in [0, 0.05) is 13.2 Å². The molecule has 0 saturated heterocycles. The van der Waals surface area contributed by atoms with Crippen LogP contribution in [-0.4, -0.2) is 31.7 Å². The molecule has 0 unspecified atom stereocenters. The standard InChI is InChI=1S/C14H15N5O/c1-18-9-12(7-16-18)14-15-10-17-19(14)8-11-4-3-5-13(6-11)20-2/h3-7,9-10H,8H2,1-2H3. The molecule has 20 heavy (non-hydrogen) atoms. The molecule has 2 aromatic heterocycles. The molecule has 3 aromatic rings. The number of aryl methyl sites for hydroxylation is 1. The van der Waals surface area contributed by atoms with Gasteiger partial charge in [-0.25, -0.2) is 9.67 Å². The Morgan fingerprint density at radius 1 is 1.25 bits per heavy atom. The molecule has 0 radical (unpaired) electrons. The predicted molar refractivity (Wildman–Crippen MR) is 74.3 cm³/mol. The number of hydrogen-bond acceptors (Lipinski definition) is 4. The molecule has 0 aliphatic rings. The number of aromatic nitrogens is 5. The monoisotopic (exact) mass is 269 g/mol. The highest BCUT2D eigenvalue weighted by atomic mass is 16.5.